The van der Waals surface area contributed by atoms with E-state index in [4.69, 9.17) is 5.73 Å². The van der Waals surface area contributed by atoms with Crippen LogP contribution in [0.5, 0.6) is 0 Å². The van der Waals surface area contributed by atoms with Crippen LogP contribution >= 0.6 is 0 Å². The number of piperidine rings is 1. The molecule has 0 unspecified atom stereocenters. The van der Waals surface area contributed by atoms with Gasteiger partial charge in [0.15, 0.2) is 0 Å². The second-order valence-corrected chi connectivity index (χ2v) is 7.75. The lowest BCUT2D eigenvalue weighted by Gasteiger charge is -2.31. The maximum absolute atomic E-state index is 12.4. The van der Waals surface area contributed by atoms with Crippen LogP contribution in [0, 0.1) is 5.92 Å². The minimum Gasteiger partial charge on any atom is -0.369 e. The SMILES string of the molecule is CC(C)c1ccc([S@](=O)CC(=O)N2CCC[C@H](C(N)=O)C2)cc1. The van der Waals surface area contributed by atoms with Crippen LogP contribution in [0.15, 0.2) is 29.2 Å². The molecule has 5 nitrogen and oxygen atoms in total. The van der Waals surface area contributed by atoms with E-state index in [0.717, 1.165) is 12.8 Å². The van der Waals surface area contributed by atoms with Crippen LogP contribution < -0.4 is 5.73 Å². The van der Waals surface area contributed by atoms with Gasteiger partial charge in [0.1, 0.15) is 5.75 Å². The third kappa shape index (κ3) is 4.64. The molecule has 1 aliphatic heterocycles. The van der Waals surface area contributed by atoms with Gasteiger partial charge in [-0.05, 0) is 36.5 Å². The lowest BCUT2D eigenvalue weighted by atomic mass is 9.97. The molecule has 126 valence electrons. The average molecular weight is 336 g/mol. The minimum absolute atomic E-state index is 0.0491. The smallest absolute Gasteiger partial charge is 0.235 e. The normalized spacial score (nSPS) is 19.6. The highest BCUT2D eigenvalue weighted by Gasteiger charge is 2.27. The second-order valence-electron chi connectivity index (χ2n) is 6.29. The molecule has 1 aliphatic rings. The number of likely N-dealkylation sites (tertiary alicyclic amines) is 1. The molecule has 2 atom stereocenters. The van der Waals surface area contributed by atoms with E-state index in [0.29, 0.717) is 23.9 Å². The molecule has 2 N–H and O–H groups in total. The lowest BCUT2D eigenvalue weighted by molar-refractivity contribution is -0.132. The minimum atomic E-state index is -1.37. The first-order valence-corrected chi connectivity index (χ1v) is 9.25. The number of hydrogen-bond acceptors (Lipinski definition) is 3. The number of nitrogens with zero attached hydrogens (tertiary/aromatic N) is 1. The van der Waals surface area contributed by atoms with E-state index in [9.17, 15) is 13.8 Å². The highest BCUT2D eigenvalue weighted by atomic mass is 32.2. The van der Waals surface area contributed by atoms with Gasteiger partial charge in [0, 0.05) is 18.0 Å². The van der Waals surface area contributed by atoms with E-state index >= 15 is 0 Å². The van der Waals surface area contributed by atoms with Crippen molar-refractivity contribution in [3.8, 4) is 0 Å². The Hall–Kier alpha value is -1.69. The van der Waals surface area contributed by atoms with Crippen molar-refractivity contribution < 1.29 is 13.8 Å². The fraction of sp³-hybridized carbons (Fsp3) is 0.529. The average Bonchev–Trinajstić information content (AvgIpc) is 2.54. The fourth-order valence-electron chi connectivity index (χ4n) is 2.73. The van der Waals surface area contributed by atoms with Crippen LogP contribution in [0.25, 0.3) is 0 Å². The monoisotopic (exact) mass is 336 g/mol. The lowest BCUT2D eigenvalue weighted by Crippen LogP contribution is -2.45. The molecule has 0 aromatic heterocycles. The molecule has 0 aliphatic carbocycles. The van der Waals surface area contributed by atoms with Gasteiger partial charge in [0.25, 0.3) is 0 Å². The Morgan fingerprint density at radius 2 is 1.96 bits per heavy atom. The van der Waals surface area contributed by atoms with Crippen molar-refractivity contribution in [2.24, 2.45) is 11.7 Å². The van der Waals surface area contributed by atoms with E-state index in [1.807, 2.05) is 24.3 Å². The molecular formula is C17H24N2O3S. The van der Waals surface area contributed by atoms with Gasteiger partial charge in [-0.2, -0.15) is 0 Å². The van der Waals surface area contributed by atoms with Crippen LogP contribution in [0.4, 0.5) is 0 Å². The van der Waals surface area contributed by atoms with E-state index < -0.39 is 10.8 Å². The first kappa shape index (κ1) is 17.7. The number of carbonyl (C=O) groups excluding carboxylic acids is 2. The molecule has 1 saturated heterocycles. The summed E-state index contributed by atoms with van der Waals surface area (Å²) >= 11 is 0. The van der Waals surface area contributed by atoms with Crippen LogP contribution in [0.1, 0.15) is 38.2 Å². The van der Waals surface area contributed by atoms with Gasteiger partial charge >= 0.3 is 0 Å². The van der Waals surface area contributed by atoms with Gasteiger partial charge in [0.05, 0.1) is 16.7 Å². The van der Waals surface area contributed by atoms with Crippen LogP contribution in [-0.2, 0) is 20.4 Å². The zero-order valence-corrected chi connectivity index (χ0v) is 14.5. The summed E-state index contributed by atoms with van der Waals surface area (Å²) in [5, 5.41) is 0. The summed E-state index contributed by atoms with van der Waals surface area (Å²) in [6.07, 6.45) is 1.48. The number of primary amides is 1. The Bertz CT molecular complexity index is 598. The number of amides is 2. The molecule has 0 saturated carbocycles. The number of benzene rings is 1. The van der Waals surface area contributed by atoms with E-state index in [1.165, 1.54) is 5.56 Å². The van der Waals surface area contributed by atoms with Gasteiger partial charge in [-0.25, -0.2) is 0 Å². The zero-order valence-electron chi connectivity index (χ0n) is 13.7. The Labute approximate surface area is 139 Å². The van der Waals surface area contributed by atoms with Crippen molar-refractivity contribution in [3.63, 3.8) is 0 Å². The van der Waals surface area contributed by atoms with Crippen molar-refractivity contribution in [1.29, 1.82) is 0 Å². The molecule has 0 radical (unpaired) electrons. The largest absolute Gasteiger partial charge is 0.369 e. The van der Waals surface area contributed by atoms with Crippen LogP contribution in [-0.4, -0.2) is 39.8 Å². The third-order valence-corrected chi connectivity index (χ3v) is 5.55. The van der Waals surface area contributed by atoms with Crippen molar-refractivity contribution >= 4 is 22.6 Å². The van der Waals surface area contributed by atoms with Crippen molar-refractivity contribution in [3.05, 3.63) is 29.8 Å². The maximum Gasteiger partial charge on any atom is 0.235 e. The molecule has 2 amide bonds. The molecular weight excluding hydrogens is 312 g/mol. The zero-order chi connectivity index (χ0) is 17.0. The quantitative estimate of drug-likeness (QED) is 0.887. The van der Waals surface area contributed by atoms with Gasteiger partial charge in [-0.1, -0.05) is 26.0 Å². The number of hydrogen-bond donors (Lipinski definition) is 1. The summed E-state index contributed by atoms with van der Waals surface area (Å²) in [6, 6.07) is 7.54. The van der Waals surface area contributed by atoms with Crippen molar-refractivity contribution in [1.82, 2.24) is 4.90 Å². The molecule has 23 heavy (non-hydrogen) atoms. The van der Waals surface area contributed by atoms with Crippen molar-refractivity contribution in [2.45, 2.75) is 37.5 Å². The molecule has 0 bridgehead atoms. The Morgan fingerprint density at radius 1 is 1.30 bits per heavy atom. The summed E-state index contributed by atoms with van der Waals surface area (Å²) in [4.78, 5) is 25.9. The van der Waals surface area contributed by atoms with E-state index in [-0.39, 0.29) is 23.5 Å². The molecule has 1 aromatic carbocycles. The summed E-state index contributed by atoms with van der Waals surface area (Å²) in [5.41, 5.74) is 6.50. The predicted octanol–water partition coefficient (Wildman–Crippen LogP) is 1.64. The number of nitrogens with two attached hydrogens (primary N) is 1. The molecule has 6 heteroatoms. The highest BCUT2D eigenvalue weighted by molar-refractivity contribution is 7.85. The highest BCUT2D eigenvalue weighted by Crippen LogP contribution is 2.19. The Morgan fingerprint density at radius 3 is 2.52 bits per heavy atom. The van der Waals surface area contributed by atoms with Gasteiger partial charge in [0.2, 0.25) is 11.8 Å². The molecule has 2 rings (SSSR count). The molecule has 1 heterocycles. The Balaban J connectivity index is 1.96. The standard InChI is InChI=1S/C17H24N2O3S/c1-12(2)13-5-7-15(8-6-13)23(22)11-16(20)19-9-3-4-14(10-19)17(18)21/h5-8,12,14H,3-4,9-11H2,1-2H3,(H2,18,21)/t14-,23+/m0/s1. The third-order valence-electron chi connectivity index (χ3n) is 4.24. The predicted molar refractivity (Wildman–Crippen MR) is 90.3 cm³/mol. The summed E-state index contributed by atoms with van der Waals surface area (Å²) in [6.45, 7) is 5.14. The van der Waals surface area contributed by atoms with Crippen LogP contribution in [0.2, 0.25) is 0 Å². The summed E-state index contributed by atoms with van der Waals surface area (Å²) in [7, 11) is -1.37. The topological polar surface area (TPSA) is 80.5 Å². The second kappa shape index (κ2) is 7.73. The number of carbonyl (C=O) groups is 2. The summed E-state index contributed by atoms with van der Waals surface area (Å²) in [5.74, 6) is -0.466. The number of rotatable bonds is 5. The van der Waals surface area contributed by atoms with Gasteiger partial charge < -0.3 is 10.6 Å². The fourth-order valence-corrected chi connectivity index (χ4v) is 3.74. The maximum atomic E-state index is 12.4. The first-order chi connectivity index (χ1) is 10.9. The van der Waals surface area contributed by atoms with Crippen LogP contribution in [0.3, 0.4) is 0 Å². The first-order valence-electron chi connectivity index (χ1n) is 7.94. The Kier molecular flexibility index (Phi) is 5.93. The van der Waals surface area contributed by atoms with Gasteiger partial charge in [-0.15, -0.1) is 0 Å². The molecule has 1 aromatic rings. The molecule has 1 fully saturated rings. The summed E-state index contributed by atoms with van der Waals surface area (Å²) < 4.78 is 12.4. The van der Waals surface area contributed by atoms with Crippen molar-refractivity contribution in [2.75, 3.05) is 18.8 Å². The van der Waals surface area contributed by atoms with E-state index in [1.54, 1.807) is 4.90 Å². The van der Waals surface area contributed by atoms with E-state index in [2.05, 4.69) is 13.8 Å². The molecule has 0 spiro atoms. The van der Waals surface area contributed by atoms with Gasteiger partial charge in [-0.3, -0.25) is 13.8 Å².